The third kappa shape index (κ3) is 3.79. The van der Waals surface area contributed by atoms with Crippen LogP contribution in [0.3, 0.4) is 0 Å². The van der Waals surface area contributed by atoms with Crippen molar-refractivity contribution in [3.8, 4) is 5.69 Å². The van der Waals surface area contributed by atoms with E-state index in [0.29, 0.717) is 27.1 Å². The molecule has 0 saturated carbocycles. The van der Waals surface area contributed by atoms with E-state index < -0.39 is 11.3 Å². The molecule has 1 heterocycles. The number of nitrogens with one attached hydrogen (secondary N) is 1. The number of aromatic nitrogens is 2. The van der Waals surface area contributed by atoms with Gasteiger partial charge in [0.25, 0.3) is 5.91 Å². The average molecular weight is 388 g/mol. The maximum atomic E-state index is 12.6. The van der Waals surface area contributed by atoms with Crippen LogP contribution in [0.2, 0.25) is 10.0 Å². The normalized spacial score (nSPS) is 10.6. The maximum Gasteiger partial charge on any atom is 0.280 e. The zero-order valence-corrected chi connectivity index (χ0v) is 15.6. The number of aryl methyl sites for hydroxylation is 2. The van der Waals surface area contributed by atoms with Crippen LogP contribution in [0.15, 0.2) is 53.3 Å². The molecule has 0 aliphatic heterocycles. The van der Waals surface area contributed by atoms with Crippen LogP contribution in [0.1, 0.15) is 21.7 Å². The van der Waals surface area contributed by atoms with Gasteiger partial charge < -0.3 is 5.32 Å². The molecule has 1 amide bonds. The minimum Gasteiger partial charge on any atom is -0.320 e. The number of hydrogen-bond donors (Lipinski definition) is 1. The van der Waals surface area contributed by atoms with Crippen molar-refractivity contribution in [1.82, 2.24) is 9.78 Å². The highest BCUT2D eigenvalue weighted by molar-refractivity contribution is 6.31. The van der Waals surface area contributed by atoms with Gasteiger partial charge in [0, 0.05) is 27.5 Å². The number of carbonyl (C=O) groups excluding carboxylic acids is 1. The van der Waals surface area contributed by atoms with Gasteiger partial charge in [-0.25, -0.2) is 4.68 Å². The maximum absolute atomic E-state index is 12.6. The fraction of sp³-hybridized carbons (Fsp3) is 0.105. The summed E-state index contributed by atoms with van der Waals surface area (Å²) >= 11 is 11.8. The number of halogens is 2. The molecule has 0 bridgehead atoms. The van der Waals surface area contributed by atoms with Gasteiger partial charge in [0.15, 0.2) is 5.69 Å². The number of hydrogen-bond acceptors (Lipinski definition) is 3. The van der Waals surface area contributed by atoms with E-state index >= 15 is 0 Å². The Hall–Kier alpha value is -2.63. The van der Waals surface area contributed by atoms with Crippen molar-refractivity contribution in [2.45, 2.75) is 13.8 Å². The number of anilines is 1. The summed E-state index contributed by atoms with van der Waals surface area (Å²) in [5.74, 6) is -0.580. The molecule has 1 N–H and O–H groups in total. The zero-order valence-electron chi connectivity index (χ0n) is 14.1. The van der Waals surface area contributed by atoms with Crippen molar-refractivity contribution < 1.29 is 4.79 Å². The predicted octanol–water partition coefficient (Wildman–Crippen LogP) is 4.41. The molecule has 1 aromatic heterocycles. The first kappa shape index (κ1) is 18.2. The van der Waals surface area contributed by atoms with Crippen LogP contribution in [0, 0.1) is 13.8 Å². The lowest BCUT2D eigenvalue weighted by atomic mass is 10.2. The van der Waals surface area contributed by atoms with Crippen LogP contribution in [-0.2, 0) is 0 Å². The molecule has 3 aromatic rings. The second-order valence-corrected chi connectivity index (χ2v) is 6.67. The third-order valence-electron chi connectivity index (χ3n) is 3.83. The minimum atomic E-state index is -0.580. The van der Waals surface area contributed by atoms with Crippen molar-refractivity contribution in [1.29, 1.82) is 0 Å². The van der Waals surface area contributed by atoms with Gasteiger partial charge in [0.1, 0.15) is 0 Å². The van der Waals surface area contributed by atoms with Crippen LogP contribution in [0.5, 0.6) is 0 Å². The van der Waals surface area contributed by atoms with Gasteiger partial charge >= 0.3 is 0 Å². The first-order valence-electron chi connectivity index (χ1n) is 7.79. The Balaban J connectivity index is 1.99. The molecule has 0 saturated heterocycles. The van der Waals surface area contributed by atoms with Crippen molar-refractivity contribution in [3.05, 3.63) is 85.8 Å². The highest BCUT2D eigenvalue weighted by atomic mass is 35.5. The molecule has 0 spiro atoms. The topological polar surface area (TPSA) is 64.0 Å². The summed E-state index contributed by atoms with van der Waals surface area (Å²) in [5, 5.41) is 8.10. The van der Waals surface area contributed by atoms with E-state index in [1.54, 1.807) is 49.4 Å². The van der Waals surface area contributed by atoms with Crippen LogP contribution >= 0.6 is 23.2 Å². The van der Waals surface area contributed by atoms with Crippen LogP contribution in [-0.4, -0.2) is 15.7 Å². The van der Waals surface area contributed by atoms with E-state index in [1.807, 2.05) is 6.92 Å². The van der Waals surface area contributed by atoms with E-state index in [-0.39, 0.29) is 5.69 Å². The monoisotopic (exact) mass is 387 g/mol. The predicted molar refractivity (Wildman–Crippen MR) is 104 cm³/mol. The Morgan fingerprint density at radius 1 is 1.00 bits per heavy atom. The minimum absolute atomic E-state index is 0.195. The smallest absolute Gasteiger partial charge is 0.280 e. The molecule has 2 aromatic carbocycles. The van der Waals surface area contributed by atoms with Gasteiger partial charge in [-0.15, -0.1) is 0 Å². The lowest BCUT2D eigenvalue weighted by molar-refractivity contribution is 0.101. The van der Waals surface area contributed by atoms with Crippen LogP contribution in [0.25, 0.3) is 5.69 Å². The summed E-state index contributed by atoms with van der Waals surface area (Å²) in [4.78, 5) is 24.8. The summed E-state index contributed by atoms with van der Waals surface area (Å²) in [7, 11) is 0. The number of amides is 1. The molecule has 5 nitrogen and oxygen atoms in total. The summed E-state index contributed by atoms with van der Waals surface area (Å²) in [5.41, 5.74) is 2.02. The Morgan fingerprint density at radius 3 is 2.31 bits per heavy atom. The van der Waals surface area contributed by atoms with E-state index in [4.69, 9.17) is 23.2 Å². The largest absolute Gasteiger partial charge is 0.320 e. The SMILES string of the molecule is Cc1cc(Cl)ccc1NC(=O)c1nn(-c2ccc(Cl)cc2)c(C)cc1=O. The Kier molecular flexibility index (Phi) is 5.11. The van der Waals surface area contributed by atoms with Crippen molar-refractivity contribution in [3.63, 3.8) is 0 Å². The fourth-order valence-electron chi connectivity index (χ4n) is 2.50. The average Bonchev–Trinajstić information content (AvgIpc) is 2.58. The summed E-state index contributed by atoms with van der Waals surface area (Å²) in [6, 6.07) is 13.4. The van der Waals surface area contributed by atoms with Gasteiger partial charge in [0.05, 0.1) is 5.69 Å². The zero-order chi connectivity index (χ0) is 18.8. The van der Waals surface area contributed by atoms with E-state index in [9.17, 15) is 9.59 Å². The van der Waals surface area contributed by atoms with Crippen LogP contribution in [0.4, 0.5) is 5.69 Å². The molecule has 0 aliphatic carbocycles. The molecular weight excluding hydrogens is 373 g/mol. The number of carbonyl (C=O) groups is 1. The Labute approximate surface area is 160 Å². The van der Waals surface area contributed by atoms with Crippen molar-refractivity contribution in [2.24, 2.45) is 0 Å². The summed E-state index contributed by atoms with van der Waals surface area (Å²) in [6.07, 6.45) is 0. The molecule has 0 fully saturated rings. The standard InChI is InChI=1S/C19H15Cl2N3O2/c1-11-9-14(21)5-8-16(11)22-19(26)18-17(25)10-12(2)24(23-18)15-6-3-13(20)4-7-15/h3-10H,1-2H3,(H,22,26). The summed E-state index contributed by atoms with van der Waals surface area (Å²) in [6.45, 7) is 3.56. The molecule has 0 aliphatic rings. The molecule has 26 heavy (non-hydrogen) atoms. The van der Waals surface area contributed by atoms with Gasteiger partial charge in [-0.2, -0.15) is 5.10 Å². The second kappa shape index (κ2) is 7.32. The summed E-state index contributed by atoms with van der Waals surface area (Å²) < 4.78 is 1.53. The molecule has 0 radical (unpaired) electrons. The van der Waals surface area contributed by atoms with Gasteiger partial charge in [-0.3, -0.25) is 9.59 Å². The molecule has 7 heteroatoms. The van der Waals surface area contributed by atoms with E-state index in [2.05, 4.69) is 10.4 Å². The lowest BCUT2D eigenvalue weighted by Gasteiger charge is -2.12. The highest BCUT2D eigenvalue weighted by Crippen LogP contribution is 2.20. The number of nitrogens with zero attached hydrogens (tertiary/aromatic N) is 2. The van der Waals surface area contributed by atoms with Gasteiger partial charge in [-0.05, 0) is 61.9 Å². The lowest BCUT2D eigenvalue weighted by Crippen LogP contribution is -2.27. The van der Waals surface area contributed by atoms with E-state index in [0.717, 1.165) is 5.56 Å². The molecular formula is C19H15Cl2N3O2. The quantitative estimate of drug-likeness (QED) is 0.723. The highest BCUT2D eigenvalue weighted by Gasteiger charge is 2.16. The first-order chi connectivity index (χ1) is 12.3. The van der Waals surface area contributed by atoms with Crippen molar-refractivity contribution in [2.75, 3.05) is 5.32 Å². The molecule has 3 rings (SSSR count). The van der Waals surface area contributed by atoms with Crippen LogP contribution < -0.4 is 10.7 Å². The molecule has 132 valence electrons. The number of rotatable bonds is 3. The molecule has 0 unspecified atom stereocenters. The van der Waals surface area contributed by atoms with Gasteiger partial charge in [-0.1, -0.05) is 23.2 Å². The fourth-order valence-corrected chi connectivity index (χ4v) is 2.85. The van der Waals surface area contributed by atoms with E-state index in [1.165, 1.54) is 10.7 Å². The van der Waals surface area contributed by atoms with Crippen molar-refractivity contribution >= 4 is 34.8 Å². The van der Waals surface area contributed by atoms with Gasteiger partial charge in [0.2, 0.25) is 5.43 Å². The Bertz CT molecular complexity index is 1040. The third-order valence-corrected chi connectivity index (χ3v) is 4.32. The number of benzene rings is 2. The second-order valence-electron chi connectivity index (χ2n) is 5.80. The molecule has 0 atom stereocenters. The Morgan fingerprint density at radius 2 is 1.65 bits per heavy atom. The first-order valence-corrected chi connectivity index (χ1v) is 8.55.